The van der Waals surface area contributed by atoms with Crippen molar-refractivity contribution >= 4 is 51.6 Å². The number of nitrogens with one attached hydrogen (secondary N) is 1. The van der Waals surface area contributed by atoms with E-state index in [1.54, 1.807) is 31.2 Å². The van der Waals surface area contributed by atoms with Crippen molar-refractivity contribution in [2.75, 3.05) is 17.7 Å². The highest BCUT2D eigenvalue weighted by molar-refractivity contribution is 8.01. The van der Waals surface area contributed by atoms with Crippen LogP contribution in [-0.2, 0) is 9.59 Å². The molecule has 0 saturated carbocycles. The number of para-hydroxylation sites is 1. The molecule has 0 unspecified atom stereocenters. The molecule has 0 spiro atoms. The van der Waals surface area contributed by atoms with Crippen molar-refractivity contribution in [1.29, 1.82) is 0 Å². The van der Waals surface area contributed by atoms with Crippen molar-refractivity contribution in [3.8, 4) is 5.75 Å². The fraction of sp³-hybridized carbons (Fsp3) is 0.214. The fourth-order valence-corrected chi connectivity index (χ4v) is 3.65. The summed E-state index contributed by atoms with van der Waals surface area (Å²) in [7, 11) is 0. The highest BCUT2D eigenvalue weighted by atomic mass is 35.5. The van der Waals surface area contributed by atoms with Gasteiger partial charge in [-0.3, -0.25) is 14.9 Å². The second-order valence-electron chi connectivity index (χ2n) is 4.41. The van der Waals surface area contributed by atoms with E-state index >= 15 is 0 Å². The van der Waals surface area contributed by atoms with Gasteiger partial charge in [-0.15, -0.1) is 11.8 Å². The van der Waals surface area contributed by atoms with Gasteiger partial charge in [0.05, 0.1) is 20.7 Å². The van der Waals surface area contributed by atoms with Crippen LogP contribution in [0.2, 0.25) is 5.02 Å². The van der Waals surface area contributed by atoms with E-state index in [-0.39, 0.29) is 18.3 Å². The lowest BCUT2D eigenvalue weighted by atomic mass is 10.3. The second-order valence-corrected chi connectivity index (χ2v) is 7.06. The molecule has 1 aromatic heterocycles. The minimum absolute atomic E-state index is 0.173. The van der Waals surface area contributed by atoms with Gasteiger partial charge in [-0.25, -0.2) is 4.98 Å². The highest BCUT2D eigenvalue weighted by Crippen LogP contribution is 2.31. The van der Waals surface area contributed by atoms with Crippen molar-refractivity contribution < 1.29 is 14.3 Å². The molecule has 2 amide bonds. The molecule has 2 rings (SSSR count). The lowest BCUT2D eigenvalue weighted by molar-refractivity contribution is -0.118. The summed E-state index contributed by atoms with van der Waals surface area (Å²) >= 11 is 8.53. The number of carbonyl (C=O) groups excluding carboxylic acids is 2. The number of carbonyl (C=O) groups is 2. The molecule has 0 bridgehead atoms. The molecule has 0 radical (unpaired) electrons. The van der Waals surface area contributed by atoms with E-state index in [0.29, 0.717) is 15.9 Å². The Kier molecular flexibility index (Phi) is 6.26. The zero-order chi connectivity index (χ0) is 16.8. The molecule has 0 aliphatic rings. The minimum Gasteiger partial charge on any atom is -0.482 e. The number of halogens is 1. The molecule has 6 nitrogen and oxygen atoms in total. The van der Waals surface area contributed by atoms with Gasteiger partial charge in [-0.1, -0.05) is 35.1 Å². The standard InChI is InChI=1S/C14H14ClN3O3S2/c1-8-13(22-7-11(16)19)23-14(17-8)18-12(20)6-21-10-5-3-2-4-9(10)15/h2-5H,6-7H2,1H3,(H2,16,19)(H,17,18,20). The fourth-order valence-electron chi connectivity index (χ4n) is 1.57. The first-order valence-corrected chi connectivity index (χ1v) is 8.69. The topological polar surface area (TPSA) is 94.3 Å². The number of aryl methyl sites for hydroxylation is 1. The maximum atomic E-state index is 11.9. The molecule has 122 valence electrons. The van der Waals surface area contributed by atoms with Crippen LogP contribution in [0.5, 0.6) is 5.75 Å². The number of aromatic nitrogens is 1. The zero-order valence-electron chi connectivity index (χ0n) is 12.2. The Labute approximate surface area is 146 Å². The molecular weight excluding hydrogens is 358 g/mol. The van der Waals surface area contributed by atoms with Gasteiger partial charge in [-0.2, -0.15) is 0 Å². The van der Waals surface area contributed by atoms with E-state index in [9.17, 15) is 9.59 Å². The zero-order valence-corrected chi connectivity index (χ0v) is 14.6. The van der Waals surface area contributed by atoms with Crippen molar-refractivity contribution in [3.05, 3.63) is 35.0 Å². The van der Waals surface area contributed by atoms with Gasteiger partial charge in [0, 0.05) is 0 Å². The van der Waals surface area contributed by atoms with Gasteiger partial charge in [0.2, 0.25) is 5.91 Å². The first-order chi connectivity index (χ1) is 11.0. The van der Waals surface area contributed by atoms with Gasteiger partial charge < -0.3 is 10.5 Å². The predicted octanol–water partition coefficient (Wildman–Crippen LogP) is 2.70. The highest BCUT2D eigenvalue weighted by Gasteiger charge is 2.12. The number of benzene rings is 1. The number of nitrogens with two attached hydrogens (primary N) is 1. The van der Waals surface area contributed by atoms with Gasteiger partial charge >= 0.3 is 0 Å². The average Bonchev–Trinajstić information content (AvgIpc) is 2.84. The smallest absolute Gasteiger partial charge is 0.264 e. The van der Waals surface area contributed by atoms with E-state index < -0.39 is 5.91 Å². The first-order valence-electron chi connectivity index (χ1n) is 6.51. The Balaban J connectivity index is 1.89. The normalized spacial score (nSPS) is 10.3. The number of anilines is 1. The first kappa shape index (κ1) is 17.6. The number of amides is 2. The third-order valence-electron chi connectivity index (χ3n) is 2.54. The van der Waals surface area contributed by atoms with Gasteiger partial charge in [-0.05, 0) is 19.1 Å². The number of thiazole rings is 1. The number of rotatable bonds is 7. The van der Waals surface area contributed by atoms with Crippen LogP contribution in [0, 0.1) is 6.92 Å². The monoisotopic (exact) mass is 371 g/mol. The Morgan fingerprint density at radius 2 is 2.17 bits per heavy atom. The summed E-state index contributed by atoms with van der Waals surface area (Å²) in [6.45, 7) is 1.63. The van der Waals surface area contributed by atoms with Crippen LogP contribution >= 0.6 is 34.7 Å². The third-order valence-corrected chi connectivity index (χ3v) is 5.31. The molecular formula is C14H14ClN3O3S2. The average molecular weight is 372 g/mol. The lowest BCUT2D eigenvalue weighted by Crippen LogP contribution is -2.20. The van der Waals surface area contributed by atoms with Crippen molar-refractivity contribution in [3.63, 3.8) is 0 Å². The second kappa shape index (κ2) is 8.19. The van der Waals surface area contributed by atoms with Crippen LogP contribution in [0.4, 0.5) is 5.13 Å². The molecule has 9 heteroatoms. The summed E-state index contributed by atoms with van der Waals surface area (Å²) in [6.07, 6.45) is 0. The Morgan fingerprint density at radius 3 is 2.87 bits per heavy atom. The molecule has 0 saturated heterocycles. The number of ether oxygens (including phenoxy) is 1. The molecule has 0 aliphatic carbocycles. The van der Waals surface area contributed by atoms with Gasteiger partial charge in [0.1, 0.15) is 5.75 Å². The SMILES string of the molecule is Cc1nc(NC(=O)COc2ccccc2Cl)sc1SCC(N)=O. The quantitative estimate of drug-likeness (QED) is 0.730. The third kappa shape index (κ3) is 5.42. The number of hydrogen-bond acceptors (Lipinski definition) is 6. The summed E-state index contributed by atoms with van der Waals surface area (Å²) in [4.78, 5) is 26.9. The van der Waals surface area contributed by atoms with Crippen LogP contribution in [0.15, 0.2) is 28.5 Å². The summed E-state index contributed by atoms with van der Waals surface area (Å²) in [6, 6.07) is 6.91. The van der Waals surface area contributed by atoms with Crippen LogP contribution in [0.3, 0.4) is 0 Å². The molecule has 2 aromatic rings. The van der Waals surface area contributed by atoms with Crippen LogP contribution in [0.1, 0.15) is 5.69 Å². The van der Waals surface area contributed by atoms with Crippen molar-refractivity contribution in [2.45, 2.75) is 11.1 Å². The predicted molar refractivity (Wildman–Crippen MR) is 92.3 cm³/mol. The maximum Gasteiger partial charge on any atom is 0.264 e. The minimum atomic E-state index is -0.401. The Morgan fingerprint density at radius 1 is 1.43 bits per heavy atom. The summed E-state index contributed by atoms with van der Waals surface area (Å²) in [5.41, 5.74) is 5.85. The molecule has 0 atom stereocenters. The number of primary amides is 1. The van der Waals surface area contributed by atoms with E-state index in [1.165, 1.54) is 23.1 Å². The van der Waals surface area contributed by atoms with E-state index in [4.69, 9.17) is 22.1 Å². The summed E-state index contributed by atoms with van der Waals surface area (Å²) in [5, 5.41) is 3.54. The number of nitrogens with zero attached hydrogens (tertiary/aromatic N) is 1. The molecule has 0 aliphatic heterocycles. The number of hydrogen-bond donors (Lipinski definition) is 2. The van der Waals surface area contributed by atoms with E-state index in [0.717, 1.165) is 9.90 Å². The van der Waals surface area contributed by atoms with Crippen molar-refractivity contribution in [1.82, 2.24) is 4.98 Å². The van der Waals surface area contributed by atoms with Gasteiger partial charge in [0.25, 0.3) is 5.91 Å². The molecule has 23 heavy (non-hydrogen) atoms. The Bertz CT molecular complexity index is 721. The van der Waals surface area contributed by atoms with Crippen LogP contribution in [0.25, 0.3) is 0 Å². The number of thioether (sulfide) groups is 1. The lowest BCUT2D eigenvalue weighted by Gasteiger charge is -2.06. The molecule has 1 aromatic carbocycles. The maximum absolute atomic E-state index is 11.9. The van der Waals surface area contributed by atoms with Gasteiger partial charge in [0.15, 0.2) is 11.7 Å². The van der Waals surface area contributed by atoms with Crippen molar-refractivity contribution in [2.24, 2.45) is 5.73 Å². The van der Waals surface area contributed by atoms with Crippen LogP contribution < -0.4 is 15.8 Å². The Hall–Kier alpha value is -1.77. The molecule has 3 N–H and O–H groups in total. The van der Waals surface area contributed by atoms with Crippen LogP contribution in [-0.4, -0.2) is 29.2 Å². The van der Waals surface area contributed by atoms with E-state index in [1.807, 2.05) is 0 Å². The summed E-state index contributed by atoms with van der Waals surface area (Å²) in [5.74, 6) is -0.129. The molecule has 1 heterocycles. The largest absolute Gasteiger partial charge is 0.482 e. The summed E-state index contributed by atoms with van der Waals surface area (Å²) < 4.78 is 6.19. The van der Waals surface area contributed by atoms with E-state index in [2.05, 4.69) is 10.3 Å². The molecule has 0 fully saturated rings.